The number of hydrogen-bond donors (Lipinski definition) is 3. The minimum atomic E-state index is -1.78. The first-order valence-corrected chi connectivity index (χ1v) is 13.9. The molecule has 3 N–H and O–H groups in total. The van der Waals surface area contributed by atoms with Crippen LogP contribution in [0.2, 0.25) is 0 Å². The Balaban J connectivity index is 1.24. The van der Waals surface area contributed by atoms with Gasteiger partial charge >= 0.3 is 5.97 Å². The normalized spacial score (nSPS) is 18.2. The summed E-state index contributed by atoms with van der Waals surface area (Å²) < 4.78 is 5.84. The first kappa shape index (κ1) is 26.5. The SMILES string of the molecule is CN(CCC(=O)Nc1ccc(CO)cc1)[C@H]1CC[C@H](OC(=O)C(O)(c2cccs2)c2cccs2)CC1. The molecule has 3 aromatic rings. The van der Waals surface area contributed by atoms with Crippen LogP contribution in [0, 0.1) is 0 Å². The Morgan fingerprint density at radius 3 is 2.17 bits per heavy atom. The van der Waals surface area contributed by atoms with E-state index in [9.17, 15) is 14.7 Å². The lowest BCUT2D eigenvalue weighted by Gasteiger charge is -2.35. The lowest BCUT2D eigenvalue weighted by Crippen LogP contribution is -2.42. The van der Waals surface area contributed by atoms with Crippen molar-refractivity contribution in [3.8, 4) is 0 Å². The molecule has 0 bridgehead atoms. The Morgan fingerprint density at radius 2 is 1.64 bits per heavy atom. The molecule has 0 atom stereocenters. The van der Waals surface area contributed by atoms with Gasteiger partial charge in [0.05, 0.1) is 16.4 Å². The number of benzene rings is 1. The molecule has 0 unspecified atom stereocenters. The minimum absolute atomic E-state index is 0.0232. The van der Waals surface area contributed by atoms with E-state index in [1.54, 1.807) is 36.4 Å². The van der Waals surface area contributed by atoms with E-state index in [-0.39, 0.29) is 18.6 Å². The number of hydrogen-bond acceptors (Lipinski definition) is 8. The smallest absolute Gasteiger partial charge is 0.349 e. The maximum absolute atomic E-state index is 13.2. The van der Waals surface area contributed by atoms with E-state index in [1.807, 2.05) is 29.9 Å². The molecule has 0 saturated heterocycles. The molecule has 2 heterocycles. The van der Waals surface area contributed by atoms with Crippen LogP contribution in [0.1, 0.15) is 47.4 Å². The standard InChI is InChI=1S/C27H32N2O5S2/c1-29(15-14-25(31)28-20-8-6-19(18-30)7-9-20)21-10-12-22(13-11-21)34-26(32)27(33,23-4-2-16-35-23)24-5-3-17-36-24/h2-9,16-17,21-22,30,33H,10-15,18H2,1H3,(H,28,31)/t21-,22-. The van der Waals surface area contributed by atoms with Gasteiger partial charge < -0.3 is 25.2 Å². The Hall–Kier alpha value is -2.56. The minimum Gasteiger partial charge on any atom is -0.460 e. The largest absolute Gasteiger partial charge is 0.460 e. The topological polar surface area (TPSA) is 99.1 Å². The Morgan fingerprint density at radius 1 is 1.03 bits per heavy atom. The van der Waals surface area contributed by atoms with Crippen LogP contribution in [0.25, 0.3) is 0 Å². The molecule has 1 amide bonds. The van der Waals surface area contributed by atoms with Gasteiger partial charge in [0, 0.05) is 24.7 Å². The highest BCUT2D eigenvalue weighted by atomic mass is 32.1. The van der Waals surface area contributed by atoms with E-state index < -0.39 is 11.6 Å². The molecule has 9 heteroatoms. The number of rotatable bonds is 10. The molecule has 1 fully saturated rings. The monoisotopic (exact) mass is 528 g/mol. The zero-order chi connectivity index (χ0) is 25.5. The second-order valence-corrected chi connectivity index (χ2v) is 11.0. The maximum atomic E-state index is 13.2. The predicted octanol–water partition coefficient (Wildman–Crippen LogP) is 4.35. The van der Waals surface area contributed by atoms with Crippen molar-refractivity contribution in [1.29, 1.82) is 0 Å². The third-order valence-electron chi connectivity index (χ3n) is 6.70. The van der Waals surface area contributed by atoms with Crippen LogP contribution in [0.4, 0.5) is 5.69 Å². The molecule has 1 aromatic carbocycles. The van der Waals surface area contributed by atoms with Gasteiger partial charge in [-0.2, -0.15) is 0 Å². The molecule has 36 heavy (non-hydrogen) atoms. The summed E-state index contributed by atoms with van der Waals surface area (Å²) in [5.41, 5.74) is -0.258. The zero-order valence-corrected chi connectivity index (χ0v) is 21.9. The van der Waals surface area contributed by atoms with Crippen LogP contribution in [0.5, 0.6) is 0 Å². The third kappa shape index (κ3) is 6.22. The van der Waals surface area contributed by atoms with Crippen molar-refractivity contribution in [2.75, 3.05) is 18.9 Å². The number of carbonyl (C=O) groups is 2. The van der Waals surface area contributed by atoms with E-state index in [1.165, 1.54) is 22.7 Å². The van der Waals surface area contributed by atoms with Gasteiger partial charge in [-0.1, -0.05) is 24.3 Å². The summed E-state index contributed by atoms with van der Waals surface area (Å²) in [4.78, 5) is 28.8. The molecule has 0 aliphatic heterocycles. The summed E-state index contributed by atoms with van der Waals surface area (Å²) in [5, 5.41) is 27.1. The molecule has 0 radical (unpaired) electrons. The zero-order valence-electron chi connectivity index (χ0n) is 20.3. The number of aliphatic hydroxyl groups is 2. The van der Waals surface area contributed by atoms with Gasteiger partial charge in [0.15, 0.2) is 0 Å². The Bertz CT molecular complexity index is 1070. The van der Waals surface area contributed by atoms with Gasteiger partial charge in [-0.05, 0) is 73.3 Å². The first-order valence-electron chi connectivity index (χ1n) is 12.1. The van der Waals surface area contributed by atoms with Crippen LogP contribution < -0.4 is 5.32 Å². The van der Waals surface area contributed by atoms with E-state index in [0.717, 1.165) is 31.2 Å². The summed E-state index contributed by atoms with van der Waals surface area (Å²) in [6.45, 7) is 0.608. The predicted molar refractivity (Wildman–Crippen MR) is 142 cm³/mol. The van der Waals surface area contributed by atoms with E-state index >= 15 is 0 Å². The first-order chi connectivity index (χ1) is 17.4. The van der Waals surface area contributed by atoms with Crippen LogP contribution >= 0.6 is 22.7 Å². The van der Waals surface area contributed by atoms with Crippen molar-refractivity contribution in [3.63, 3.8) is 0 Å². The van der Waals surface area contributed by atoms with Crippen molar-refractivity contribution >= 4 is 40.2 Å². The number of carbonyl (C=O) groups excluding carboxylic acids is 2. The van der Waals surface area contributed by atoms with Gasteiger partial charge in [-0.3, -0.25) is 4.79 Å². The molecule has 1 saturated carbocycles. The molecule has 0 spiro atoms. The van der Waals surface area contributed by atoms with Crippen LogP contribution in [-0.2, 0) is 26.5 Å². The average Bonchev–Trinajstić information content (AvgIpc) is 3.63. The third-order valence-corrected chi connectivity index (χ3v) is 8.66. The lowest BCUT2D eigenvalue weighted by molar-refractivity contribution is -0.169. The molecule has 4 rings (SSSR count). The van der Waals surface area contributed by atoms with E-state index in [0.29, 0.717) is 34.4 Å². The highest BCUT2D eigenvalue weighted by Crippen LogP contribution is 2.38. The van der Waals surface area contributed by atoms with Gasteiger partial charge in [0.2, 0.25) is 11.5 Å². The fourth-order valence-corrected chi connectivity index (χ4v) is 6.22. The van der Waals surface area contributed by atoms with Crippen LogP contribution in [0.15, 0.2) is 59.3 Å². The summed E-state index contributed by atoms with van der Waals surface area (Å²) in [6.07, 6.45) is 3.29. The van der Waals surface area contributed by atoms with Crippen molar-refractivity contribution in [3.05, 3.63) is 74.6 Å². The van der Waals surface area contributed by atoms with Crippen molar-refractivity contribution in [2.24, 2.45) is 0 Å². The highest BCUT2D eigenvalue weighted by Gasteiger charge is 2.45. The number of nitrogens with zero attached hydrogens (tertiary/aromatic N) is 1. The molecule has 2 aromatic heterocycles. The van der Waals surface area contributed by atoms with Gasteiger partial charge in [-0.15, -0.1) is 22.7 Å². The summed E-state index contributed by atoms with van der Waals surface area (Å²) in [7, 11) is 2.02. The highest BCUT2D eigenvalue weighted by molar-refractivity contribution is 7.12. The van der Waals surface area contributed by atoms with Crippen molar-refractivity contribution < 1.29 is 24.5 Å². The second-order valence-electron chi connectivity index (χ2n) is 9.13. The van der Waals surface area contributed by atoms with Gasteiger partial charge in [0.25, 0.3) is 0 Å². The van der Waals surface area contributed by atoms with E-state index in [2.05, 4.69) is 10.2 Å². The number of aliphatic hydroxyl groups excluding tert-OH is 1. The number of esters is 1. The molecular formula is C27H32N2O5S2. The average molecular weight is 529 g/mol. The summed E-state index contributed by atoms with van der Waals surface area (Å²) in [5.74, 6) is -0.671. The Kier molecular flexibility index (Phi) is 8.92. The lowest BCUT2D eigenvalue weighted by atomic mass is 9.91. The molecule has 192 valence electrons. The van der Waals surface area contributed by atoms with Crippen LogP contribution in [-0.4, -0.2) is 52.7 Å². The number of nitrogens with one attached hydrogen (secondary N) is 1. The number of ether oxygens (including phenoxy) is 1. The van der Waals surface area contributed by atoms with E-state index in [4.69, 9.17) is 9.84 Å². The number of anilines is 1. The number of thiophene rings is 2. The van der Waals surface area contributed by atoms with Gasteiger partial charge in [-0.25, -0.2) is 4.79 Å². The maximum Gasteiger partial charge on any atom is 0.349 e. The fourth-order valence-electron chi connectivity index (χ4n) is 4.51. The number of amides is 1. The Labute approximate surface area is 219 Å². The van der Waals surface area contributed by atoms with Crippen molar-refractivity contribution in [1.82, 2.24) is 4.90 Å². The molecule has 1 aliphatic carbocycles. The molecule has 1 aliphatic rings. The second kappa shape index (κ2) is 12.1. The van der Waals surface area contributed by atoms with Crippen LogP contribution in [0.3, 0.4) is 0 Å². The fraction of sp³-hybridized carbons (Fsp3) is 0.407. The van der Waals surface area contributed by atoms with Gasteiger partial charge in [0.1, 0.15) is 6.10 Å². The molecular weight excluding hydrogens is 496 g/mol. The summed E-state index contributed by atoms with van der Waals surface area (Å²) in [6, 6.07) is 14.6. The quantitative estimate of drug-likeness (QED) is 0.339. The van der Waals surface area contributed by atoms with Crippen molar-refractivity contribution in [2.45, 2.75) is 56.5 Å². The molecule has 7 nitrogen and oxygen atoms in total. The summed E-state index contributed by atoms with van der Waals surface area (Å²) >= 11 is 2.68.